The summed E-state index contributed by atoms with van der Waals surface area (Å²) in [7, 11) is 1.91. The third kappa shape index (κ3) is 2.76. The van der Waals surface area contributed by atoms with Crippen molar-refractivity contribution >= 4 is 15.9 Å². The van der Waals surface area contributed by atoms with E-state index in [1.165, 1.54) is 0 Å². The van der Waals surface area contributed by atoms with Gasteiger partial charge in [-0.05, 0) is 30.5 Å². The van der Waals surface area contributed by atoms with Crippen molar-refractivity contribution in [3.63, 3.8) is 0 Å². The van der Waals surface area contributed by atoms with Crippen molar-refractivity contribution in [2.45, 2.75) is 18.9 Å². The van der Waals surface area contributed by atoms with Crippen LogP contribution in [0.3, 0.4) is 0 Å². The molecule has 90 valence electrons. The number of hydrogen-bond acceptors (Lipinski definition) is 2. The second kappa shape index (κ2) is 4.63. The maximum atomic E-state index is 6.41. The molecule has 2 aromatic rings. The molecule has 0 fully saturated rings. The number of nitrogens with zero attached hydrogens (tertiary/aromatic N) is 2. The standard InChI is InChI=1S/C13H16BrN3/c1-13(15,7-10-8-16-17(2)9-10)11-5-3-4-6-12(11)14/h3-6,8-9H,7,15H2,1-2H3. The quantitative estimate of drug-likeness (QED) is 0.945. The minimum Gasteiger partial charge on any atom is -0.321 e. The van der Waals surface area contributed by atoms with E-state index in [4.69, 9.17) is 5.73 Å². The molecule has 0 saturated heterocycles. The van der Waals surface area contributed by atoms with Crippen LogP contribution in [0.1, 0.15) is 18.1 Å². The van der Waals surface area contributed by atoms with Gasteiger partial charge in [0.25, 0.3) is 0 Å². The van der Waals surface area contributed by atoms with Gasteiger partial charge in [-0.3, -0.25) is 4.68 Å². The van der Waals surface area contributed by atoms with Crippen molar-refractivity contribution in [1.29, 1.82) is 0 Å². The molecule has 1 heterocycles. The first-order chi connectivity index (χ1) is 7.99. The molecular formula is C13H16BrN3. The summed E-state index contributed by atoms with van der Waals surface area (Å²) in [6.07, 6.45) is 4.63. The van der Waals surface area contributed by atoms with Gasteiger partial charge in [0.05, 0.1) is 6.20 Å². The molecule has 0 spiro atoms. The van der Waals surface area contributed by atoms with Crippen LogP contribution in [-0.2, 0) is 19.0 Å². The Labute approximate surface area is 110 Å². The van der Waals surface area contributed by atoms with Crippen LogP contribution in [-0.4, -0.2) is 9.78 Å². The summed E-state index contributed by atoms with van der Waals surface area (Å²) in [6, 6.07) is 8.08. The minimum atomic E-state index is -0.400. The van der Waals surface area contributed by atoms with Crippen LogP contribution in [0.25, 0.3) is 0 Å². The zero-order chi connectivity index (χ0) is 12.5. The van der Waals surface area contributed by atoms with Gasteiger partial charge in [0.1, 0.15) is 0 Å². The van der Waals surface area contributed by atoms with E-state index in [0.717, 1.165) is 22.0 Å². The molecule has 0 amide bonds. The molecule has 0 aliphatic heterocycles. The van der Waals surface area contributed by atoms with Gasteiger partial charge in [-0.15, -0.1) is 0 Å². The van der Waals surface area contributed by atoms with Crippen LogP contribution >= 0.6 is 15.9 Å². The Morgan fingerprint density at radius 3 is 2.71 bits per heavy atom. The van der Waals surface area contributed by atoms with Crippen LogP contribution in [0.5, 0.6) is 0 Å². The summed E-state index contributed by atoms with van der Waals surface area (Å²) in [5.41, 5.74) is 8.27. The second-order valence-corrected chi connectivity index (χ2v) is 5.45. The number of halogens is 1. The third-order valence-corrected chi connectivity index (χ3v) is 3.51. The maximum Gasteiger partial charge on any atom is 0.0522 e. The van der Waals surface area contributed by atoms with Crippen molar-refractivity contribution in [2.75, 3.05) is 0 Å². The Hall–Kier alpha value is -1.13. The molecule has 0 aliphatic rings. The summed E-state index contributed by atoms with van der Waals surface area (Å²) in [6.45, 7) is 2.04. The normalized spacial score (nSPS) is 14.6. The van der Waals surface area contributed by atoms with E-state index in [-0.39, 0.29) is 0 Å². The minimum absolute atomic E-state index is 0.400. The van der Waals surface area contributed by atoms with Gasteiger partial charge in [-0.25, -0.2) is 0 Å². The average molecular weight is 294 g/mol. The number of hydrogen-bond donors (Lipinski definition) is 1. The highest BCUT2D eigenvalue weighted by Gasteiger charge is 2.24. The van der Waals surface area contributed by atoms with E-state index < -0.39 is 5.54 Å². The zero-order valence-corrected chi connectivity index (χ0v) is 11.6. The first kappa shape index (κ1) is 12.3. The lowest BCUT2D eigenvalue weighted by molar-refractivity contribution is 0.489. The van der Waals surface area contributed by atoms with E-state index >= 15 is 0 Å². The summed E-state index contributed by atoms with van der Waals surface area (Å²) < 4.78 is 2.85. The van der Waals surface area contributed by atoms with Crippen LogP contribution in [0.2, 0.25) is 0 Å². The third-order valence-electron chi connectivity index (χ3n) is 2.82. The summed E-state index contributed by atoms with van der Waals surface area (Å²) in [4.78, 5) is 0. The molecule has 4 heteroatoms. The van der Waals surface area contributed by atoms with Gasteiger partial charge < -0.3 is 5.73 Å². The molecule has 1 unspecified atom stereocenters. The summed E-state index contributed by atoms with van der Waals surface area (Å²) in [5.74, 6) is 0. The monoisotopic (exact) mass is 293 g/mol. The average Bonchev–Trinajstić information content (AvgIpc) is 2.63. The fourth-order valence-electron chi connectivity index (χ4n) is 2.01. The molecule has 1 aromatic carbocycles. The molecular weight excluding hydrogens is 278 g/mol. The van der Waals surface area contributed by atoms with E-state index in [1.807, 2.05) is 44.6 Å². The van der Waals surface area contributed by atoms with Crippen LogP contribution in [0.15, 0.2) is 41.1 Å². The lowest BCUT2D eigenvalue weighted by atomic mass is 9.87. The van der Waals surface area contributed by atoms with Crippen LogP contribution < -0.4 is 5.73 Å². The first-order valence-corrected chi connectivity index (χ1v) is 6.30. The zero-order valence-electron chi connectivity index (χ0n) is 10.0. The van der Waals surface area contributed by atoms with Gasteiger partial charge >= 0.3 is 0 Å². The van der Waals surface area contributed by atoms with Gasteiger partial charge in [-0.2, -0.15) is 5.10 Å². The largest absolute Gasteiger partial charge is 0.321 e. The van der Waals surface area contributed by atoms with E-state index in [0.29, 0.717) is 0 Å². The van der Waals surface area contributed by atoms with Crippen LogP contribution in [0, 0.1) is 0 Å². The first-order valence-electron chi connectivity index (χ1n) is 5.50. The molecule has 2 N–H and O–H groups in total. The molecule has 1 aromatic heterocycles. The lowest BCUT2D eigenvalue weighted by Crippen LogP contribution is -2.35. The van der Waals surface area contributed by atoms with Crippen molar-refractivity contribution in [2.24, 2.45) is 12.8 Å². The predicted octanol–water partition coefficient (Wildman–Crippen LogP) is 2.60. The Bertz CT molecular complexity index is 517. The van der Waals surface area contributed by atoms with Crippen molar-refractivity contribution in [3.8, 4) is 0 Å². The Balaban J connectivity index is 2.27. The van der Waals surface area contributed by atoms with E-state index in [1.54, 1.807) is 4.68 Å². The topological polar surface area (TPSA) is 43.8 Å². The number of benzene rings is 1. The number of aryl methyl sites for hydroxylation is 1. The maximum absolute atomic E-state index is 6.41. The van der Waals surface area contributed by atoms with E-state index in [2.05, 4.69) is 27.1 Å². The highest BCUT2D eigenvalue weighted by Crippen LogP contribution is 2.28. The summed E-state index contributed by atoms with van der Waals surface area (Å²) in [5, 5.41) is 4.17. The molecule has 0 aliphatic carbocycles. The molecule has 3 nitrogen and oxygen atoms in total. The fourth-order valence-corrected chi connectivity index (χ4v) is 2.74. The van der Waals surface area contributed by atoms with Gasteiger partial charge in [0.15, 0.2) is 0 Å². The number of rotatable bonds is 3. The fraction of sp³-hybridized carbons (Fsp3) is 0.308. The molecule has 0 bridgehead atoms. The SMILES string of the molecule is Cn1cc(CC(C)(N)c2ccccc2Br)cn1. The smallest absolute Gasteiger partial charge is 0.0522 e. The van der Waals surface area contributed by atoms with E-state index in [9.17, 15) is 0 Å². The number of nitrogens with two attached hydrogens (primary N) is 1. The van der Waals surface area contributed by atoms with Gasteiger partial charge in [-0.1, -0.05) is 34.1 Å². The van der Waals surface area contributed by atoms with Crippen molar-refractivity contribution in [1.82, 2.24) is 9.78 Å². The van der Waals surface area contributed by atoms with Gasteiger partial charge in [0.2, 0.25) is 0 Å². The molecule has 0 saturated carbocycles. The molecule has 0 radical (unpaired) electrons. The Kier molecular flexibility index (Phi) is 3.35. The molecule has 1 atom stereocenters. The highest BCUT2D eigenvalue weighted by molar-refractivity contribution is 9.10. The molecule has 17 heavy (non-hydrogen) atoms. The van der Waals surface area contributed by atoms with Crippen molar-refractivity contribution < 1.29 is 0 Å². The summed E-state index contributed by atoms with van der Waals surface area (Å²) >= 11 is 3.55. The Morgan fingerprint density at radius 1 is 1.41 bits per heavy atom. The lowest BCUT2D eigenvalue weighted by Gasteiger charge is -2.25. The second-order valence-electron chi connectivity index (χ2n) is 4.60. The van der Waals surface area contributed by atoms with Crippen LogP contribution in [0.4, 0.5) is 0 Å². The number of aromatic nitrogens is 2. The predicted molar refractivity (Wildman–Crippen MR) is 72.6 cm³/mol. The Morgan fingerprint density at radius 2 is 2.12 bits per heavy atom. The van der Waals surface area contributed by atoms with Crippen molar-refractivity contribution in [3.05, 3.63) is 52.3 Å². The van der Waals surface area contributed by atoms with Gasteiger partial charge in [0, 0.05) is 23.3 Å². The highest BCUT2D eigenvalue weighted by atomic mass is 79.9. The molecule has 2 rings (SSSR count).